The van der Waals surface area contributed by atoms with Crippen molar-refractivity contribution < 1.29 is 14.1 Å². The van der Waals surface area contributed by atoms with Crippen molar-refractivity contribution in [1.29, 1.82) is 0 Å². The topological polar surface area (TPSA) is 107 Å². The quantitative estimate of drug-likeness (QED) is 0.353. The lowest BCUT2D eigenvalue weighted by molar-refractivity contribution is -0.384. The lowest BCUT2D eigenvalue weighted by Gasteiger charge is -2.24. The third-order valence-corrected chi connectivity index (χ3v) is 5.59. The van der Waals surface area contributed by atoms with Crippen LogP contribution in [0.5, 0.6) is 0 Å². The number of carbonyl (C=O) groups is 1. The fraction of sp³-hybridized carbons (Fsp3) is 0.125. The van der Waals surface area contributed by atoms with Crippen molar-refractivity contribution in [3.05, 3.63) is 109 Å². The third kappa shape index (κ3) is 2.96. The van der Waals surface area contributed by atoms with Gasteiger partial charge in [-0.3, -0.25) is 24.6 Å². The molecule has 5 rings (SSSR count). The van der Waals surface area contributed by atoms with Crippen molar-refractivity contribution in [1.82, 2.24) is 4.98 Å². The Morgan fingerprint density at radius 1 is 1.00 bits per heavy atom. The predicted molar refractivity (Wildman–Crippen MR) is 118 cm³/mol. The van der Waals surface area contributed by atoms with E-state index >= 15 is 0 Å². The number of rotatable bonds is 3. The fourth-order valence-electron chi connectivity index (χ4n) is 4.07. The molecule has 2 aromatic carbocycles. The van der Waals surface area contributed by atoms with Crippen LogP contribution in [0.3, 0.4) is 0 Å². The van der Waals surface area contributed by atoms with Crippen LogP contribution in [-0.2, 0) is 0 Å². The van der Waals surface area contributed by atoms with Gasteiger partial charge < -0.3 is 4.42 Å². The molecule has 1 aliphatic heterocycles. The molecule has 8 nitrogen and oxygen atoms in total. The van der Waals surface area contributed by atoms with Gasteiger partial charge in [0.25, 0.3) is 11.6 Å². The van der Waals surface area contributed by atoms with Crippen LogP contribution in [0.15, 0.2) is 70.0 Å². The molecular formula is C24H17N3O5. The highest BCUT2D eigenvalue weighted by molar-refractivity contribution is 6.10. The van der Waals surface area contributed by atoms with Gasteiger partial charge in [0.05, 0.1) is 21.9 Å². The highest BCUT2D eigenvalue weighted by atomic mass is 16.6. The number of carbonyl (C=O) groups excluding carboxylic acids is 1. The molecule has 0 unspecified atom stereocenters. The summed E-state index contributed by atoms with van der Waals surface area (Å²) in [4.78, 5) is 43.4. The Morgan fingerprint density at radius 3 is 2.41 bits per heavy atom. The summed E-state index contributed by atoms with van der Waals surface area (Å²) in [6, 6.07) is 13.7. The average Bonchev–Trinajstić information content (AvgIpc) is 3.07. The van der Waals surface area contributed by atoms with E-state index in [1.807, 2.05) is 19.9 Å². The van der Waals surface area contributed by atoms with Crippen LogP contribution in [0.25, 0.3) is 11.0 Å². The standard InChI is InChI=1S/C24H17N3O5/c1-13-3-8-18-17(11-13)22(28)20-21(15-4-6-16(7-5-15)27(30)31)26(24(29)23(20)32-18)19-12-14(2)9-10-25-19/h3-12,21H,1-2H3/t21-/m0/s1. The van der Waals surface area contributed by atoms with Crippen molar-refractivity contribution in [2.24, 2.45) is 0 Å². The fourth-order valence-corrected chi connectivity index (χ4v) is 4.07. The van der Waals surface area contributed by atoms with Gasteiger partial charge in [-0.2, -0.15) is 0 Å². The Balaban J connectivity index is 1.80. The number of hydrogen-bond donors (Lipinski definition) is 0. The Bertz CT molecular complexity index is 1470. The first-order valence-electron chi connectivity index (χ1n) is 9.93. The van der Waals surface area contributed by atoms with E-state index in [0.717, 1.165) is 11.1 Å². The lowest BCUT2D eigenvalue weighted by atomic mass is 9.98. The van der Waals surface area contributed by atoms with E-state index in [1.165, 1.54) is 17.0 Å². The van der Waals surface area contributed by atoms with Crippen molar-refractivity contribution >= 4 is 28.4 Å². The number of hydrogen-bond acceptors (Lipinski definition) is 6. The van der Waals surface area contributed by atoms with Gasteiger partial charge in [0.1, 0.15) is 11.4 Å². The maximum Gasteiger partial charge on any atom is 0.296 e. The summed E-state index contributed by atoms with van der Waals surface area (Å²) in [5.74, 6) is -0.163. The molecular weight excluding hydrogens is 410 g/mol. The Hall–Kier alpha value is -4.33. The summed E-state index contributed by atoms with van der Waals surface area (Å²) >= 11 is 0. The summed E-state index contributed by atoms with van der Waals surface area (Å²) in [5.41, 5.74) is 2.46. The molecule has 0 saturated heterocycles. The Kier molecular flexibility index (Phi) is 4.37. The van der Waals surface area contributed by atoms with E-state index in [-0.39, 0.29) is 22.4 Å². The van der Waals surface area contributed by atoms with Crippen LogP contribution in [0.2, 0.25) is 0 Å². The number of amides is 1. The molecule has 0 saturated carbocycles. The highest BCUT2D eigenvalue weighted by Gasteiger charge is 2.44. The van der Waals surface area contributed by atoms with Gasteiger partial charge >= 0.3 is 0 Å². The molecule has 4 aromatic rings. The summed E-state index contributed by atoms with van der Waals surface area (Å²) in [7, 11) is 0. The van der Waals surface area contributed by atoms with Crippen molar-refractivity contribution in [3.8, 4) is 0 Å². The van der Waals surface area contributed by atoms with E-state index in [4.69, 9.17) is 4.42 Å². The number of aryl methyl sites for hydroxylation is 2. The second-order valence-electron chi connectivity index (χ2n) is 7.79. The van der Waals surface area contributed by atoms with Crippen LogP contribution >= 0.6 is 0 Å². The molecule has 0 radical (unpaired) electrons. The second kappa shape index (κ2) is 7.12. The SMILES string of the molecule is Cc1ccnc(N2C(=O)c3oc4ccc(C)cc4c(=O)c3[C@@H]2c2ccc([N+](=O)[O-])cc2)c1. The molecule has 1 atom stereocenters. The summed E-state index contributed by atoms with van der Waals surface area (Å²) < 4.78 is 5.92. The van der Waals surface area contributed by atoms with Gasteiger partial charge in [-0.1, -0.05) is 11.6 Å². The number of benzene rings is 2. The first-order chi connectivity index (χ1) is 15.3. The molecule has 158 valence electrons. The summed E-state index contributed by atoms with van der Waals surface area (Å²) in [6.45, 7) is 3.74. The maximum absolute atomic E-state index is 13.6. The molecule has 2 aromatic heterocycles. The molecule has 1 aliphatic rings. The average molecular weight is 427 g/mol. The van der Waals surface area contributed by atoms with Crippen LogP contribution in [-0.4, -0.2) is 15.8 Å². The maximum atomic E-state index is 13.6. The van der Waals surface area contributed by atoms with Gasteiger partial charge in [-0.15, -0.1) is 0 Å². The minimum Gasteiger partial charge on any atom is -0.450 e. The smallest absolute Gasteiger partial charge is 0.296 e. The number of nitrogens with zero attached hydrogens (tertiary/aromatic N) is 3. The van der Waals surface area contributed by atoms with E-state index in [9.17, 15) is 19.7 Å². The van der Waals surface area contributed by atoms with Gasteiger partial charge in [0.15, 0.2) is 5.43 Å². The van der Waals surface area contributed by atoms with Gasteiger partial charge in [-0.05, 0) is 61.4 Å². The first kappa shape index (κ1) is 19.6. The normalized spacial score (nSPS) is 15.2. The van der Waals surface area contributed by atoms with Crippen molar-refractivity contribution in [2.45, 2.75) is 19.9 Å². The zero-order chi connectivity index (χ0) is 22.6. The summed E-state index contributed by atoms with van der Waals surface area (Å²) in [6.07, 6.45) is 1.59. The molecule has 8 heteroatoms. The van der Waals surface area contributed by atoms with Crippen LogP contribution in [0, 0.1) is 24.0 Å². The van der Waals surface area contributed by atoms with E-state index in [2.05, 4.69) is 4.98 Å². The number of non-ortho nitro benzene ring substituents is 1. The minimum atomic E-state index is -0.825. The molecule has 0 fully saturated rings. The summed E-state index contributed by atoms with van der Waals surface area (Å²) in [5, 5.41) is 11.5. The molecule has 0 spiro atoms. The largest absolute Gasteiger partial charge is 0.450 e. The third-order valence-electron chi connectivity index (χ3n) is 5.59. The van der Waals surface area contributed by atoms with E-state index < -0.39 is 16.9 Å². The van der Waals surface area contributed by atoms with Crippen LogP contribution in [0.1, 0.15) is 38.9 Å². The molecule has 0 N–H and O–H groups in total. The zero-order valence-corrected chi connectivity index (χ0v) is 17.2. The van der Waals surface area contributed by atoms with E-state index in [0.29, 0.717) is 22.4 Å². The zero-order valence-electron chi connectivity index (χ0n) is 17.2. The number of aromatic nitrogens is 1. The van der Waals surface area contributed by atoms with Crippen LogP contribution < -0.4 is 10.3 Å². The number of nitro groups is 1. The van der Waals surface area contributed by atoms with Gasteiger partial charge in [0.2, 0.25) is 5.76 Å². The molecule has 0 bridgehead atoms. The first-order valence-corrected chi connectivity index (χ1v) is 9.93. The minimum absolute atomic E-state index is 0.0435. The van der Waals surface area contributed by atoms with E-state index in [1.54, 1.807) is 42.6 Å². The number of anilines is 1. The highest BCUT2D eigenvalue weighted by Crippen LogP contribution is 2.41. The predicted octanol–water partition coefficient (Wildman–Crippen LogP) is 4.46. The van der Waals surface area contributed by atoms with Crippen molar-refractivity contribution in [3.63, 3.8) is 0 Å². The van der Waals surface area contributed by atoms with Gasteiger partial charge in [-0.25, -0.2) is 4.98 Å². The van der Waals surface area contributed by atoms with Crippen LogP contribution in [0.4, 0.5) is 11.5 Å². The Morgan fingerprint density at radius 2 is 1.72 bits per heavy atom. The number of nitro benzene ring substituents is 1. The number of fused-ring (bicyclic) bond motifs is 2. The number of pyridine rings is 1. The van der Waals surface area contributed by atoms with Crippen molar-refractivity contribution in [2.75, 3.05) is 4.90 Å². The molecule has 3 heterocycles. The lowest BCUT2D eigenvalue weighted by Crippen LogP contribution is -2.30. The Labute approximate surface area is 181 Å². The molecule has 0 aliphatic carbocycles. The van der Waals surface area contributed by atoms with Gasteiger partial charge in [0, 0.05) is 18.3 Å². The monoisotopic (exact) mass is 427 g/mol. The molecule has 1 amide bonds. The molecule has 32 heavy (non-hydrogen) atoms. The second-order valence-corrected chi connectivity index (χ2v) is 7.79.